The Labute approximate surface area is 203 Å². The maximum atomic E-state index is 7.07. The predicted octanol–water partition coefficient (Wildman–Crippen LogP) is 6.22. The van der Waals surface area contributed by atoms with E-state index in [1.807, 2.05) is 0 Å². The number of hydrogen-bond acceptors (Lipinski definition) is 2. The molecule has 0 saturated heterocycles. The third-order valence-corrected chi connectivity index (χ3v) is 9.06. The summed E-state index contributed by atoms with van der Waals surface area (Å²) in [5, 5.41) is 2.27. The Morgan fingerprint density at radius 3 is 1.33 bits per heavy atom. The minimum atomic E-state index is -2.99. The van der Waals surface area contributed by atoms with Crippen molar-refractivity contribution in [3.8, 4) is 23.7 Å². The van der Waals surface area contributed by atoms with Crippen molar-refractivity contribution >= 4 is 18.9 Å². The summed E-state index contributed by atoms with van der Waals surface area (Å²) in [5.41, 5.74) is 0. The number of unbranched alkanes of at least 4 members (excludes halogenated alkanes) is 2. The first-order valence-electron chi connectivity index (χ1n) is 12.6. The summed E-state index contributed by atoms with van der Waals surface area (Å²) < 4.78 is 14.1. The first-order valence-corrected chi connectivity index (χ1v) is 14.4. The summed E-state index contributed by atoms with van der Waals surface area (Å²) in [7, 11) is -2.99. The van der Waals surface area contributed by atoms with Crippen LogP contribution >= 0.6 is 0 Å². The van der Waals surface area contributed by atoms with Crippen molar-refractivity contribution < 1.29 is 8.85 Å². The molecule has 3 heteroatoms. The zero-order valence-corrected chi connectivity index (χ0v) is 21.9. The molecule has 2 unspecified atom stereocenters. The number of rotatable bonds is 12. The van der Waals surface area contributed by atoms with Gasteiger partial charge in [-0.15, -0.1) is 23.7 Å². The number of benzene rings is 2. The highest BCUT2D eigenvalue weighted by Crippen LogP contribution is 2.20. The van der Waals surface area contributed by atoms with E-state index in [9.17, 15) is 0 Å². The normalized spacial score (nSPS) is 12.7. The third kappa shape index (κ3) is 8.52. The van der Waals surface area contributed by atoms with E-state index in [0.717, 1.165) is 61.7 Å². The van der Waals surface area contributed by atoms with Gasteiger partial charge in [-0.3, -0.25) is 0 Å². The standard InChI is InChI=1S/C30H40O2Si/c1-5-9-11-15-21-27(7-3)31-33(29-23-17-13-18-24-29,30-25-19-14-20-26-30)32-28(8-4)22-16-12-10-6-2/h13-14,17-20,23-28H,5-10,21-22H2,1-4H3. The fourth-order valence-electron chi connectivity index (χ4n) is 3.59. The molecule has 0 aliphatic carbocycles. The average Bonchev–Trinajstić information content (AvgIpc) is 2.87. The lowest BCUT2D eigenvalue weighted by Gasteiger charge is -2.37. The molecule has 0 aromatic heterocycles. The van der Waals surface area contributed by atoms with Gasteiger partial charge in [-0.1, -0.05) is 88.4 Å². The molecule has 2 nitrogen and oxygen atoms in total. The summed E-state index contributed by atoms with van der Waals surface area (Å²) in [4.78, 5) is 0. The molecule has 0 saturated carbocycles. The van der Waals surface area contributed by atoms with Crippen LogP contribution in [0.25, 0.3) is 0 Å². The van der Waals surface area contributed by atoms with Gasteiger partial charge in [0.2, 0.25) is 0 Å². The van der Waals surface area contributed by atoms with E-state index in [1.165, 1.54) is 0 Å². The van der Waals surface area contributed by atoms with Gasteiger partial charge in [0.05, 0.1) is 12.2 Å². The molecule has 0 spiro atoms. The molecule has 33 heavy (non-hydrogen) atoms. The molecule has 0 heterocycles. The van der Waals surface area contributed by atoms with E-state index in [1.54, 1.807) is 0 Å². The lowest BCUT2D eigenvalue weighted by atomic mass is 10.2. The molecule has 0 fully saturated rings. The fourth-order valence-corrected chi connectivity index (χ4v) is 7.22. The van der Waals surface area contributed by atoms with Gasteiger partial charge in [0.1, 0.15) is 0 Å². The highest BCUT2D eigenvalue weighted by atomic mass is 28.4. The van der Waals surface area contributed by atoms with Crippen LogP contribution in [-0.2, 0) is 8.85 Å². The molecule has 0 aliphatic heterocycles. The van der Waals surface area contributed by atoms with E-state index < -0.39 is 8.56 Å². The average molecular weight is 461 g/mol. The van der Waals surface area contributed by atoms with Crippen molar-refractivity contribution in [1.82, 2.24) is 0 Å². The smallest absolute Gasteiger partial charge is 0.384 e. The van der Waals surface area contributed by atoms with Gasteiger partial charge < -0.3 is 8.85 Å². The summed E-state index contributed by atoms with van der Waals surface area (Å²) in [6.45, 7) is 8.67. The Morgan fingerprint density at radius 1 is 0.606 bits per heavy atom. The monoisotopic (exact) mass is 460 g/mol. The lowest BCUT2D eigenvalue weighted by molar-refractivity contribution is 0.0943. The van der Waals surface area contributed by atoms with Crippen molar-refractivity contribution in [3.63, 3.8) is 0 Å². The zero-order valence-electron chi connectivity index (χ0n) is 20.9. The lowest BCUT2D eigenvalue weighted by Crippen LogP contribution is -2.65. The highest BCUT2D eigenvalue weighted by Gasteiger charge is 2.46. The maximum Gasteiger partial charge on any atom is 0.407 e. The van der Waals surface area contributed by atoms with Crippen LogP contribution in [-0.4, -0.2) is 20.8 Å². The second kappa shape index (κ2) is 15.5. The largest absolute Gasteiger partial charge is 0.407 e. The molecular weight excluding hydrogens is 420 g/mol. The van der Waals surface area contributed by atoms with Crippen LogP contribution in [0.4, 0.5) is 0 Å². The fraction of sp³-hybridized carbons (Fsp3) is 0.467. The van der Waals surface area contributed by atoms with Crippen LogP contribution in [0.3, 0.4) is 0 Å². The van der Waals surface area contributed by atoms with Gasteiger partial charge >= 0.3 is 8.56 Å². The van der Waals surface area contributed by atoms with Crippen LogP contribution in [0, 0.1) is 23.7 Å². The first-order chi connectivity index (χ1) is 16.2. The van der Waals surface area contributed by atoms with E-state index >= 15 is 0 Å². The quantitative estimate of drug-likeness (QED) is 0.276. The van der Waals surface area contributed by atoms with Crippen LogP contribution in [0.5, 0.6) is 0 Å². The first kappa shape index (κ1) is 26.9. The predicted molar refractivity (Wildman–Crippen MR) is 143 cm³/mol. The summed E-state index contributed by atoms with van der Waals surface area (Å²) >= 11 is 0. The molecular formula is C30H40O2Si. The Hall–Kier alpha value is -2.30. The maximum absolute atomic E-state index is 7.07. The van der Waals surface area contributed by atoms with Crippen LogP contribution < -0.4 is 10.4 Å². The highest BCUT2D eigenvalue weighted by molar-refractivity contribution is 6.92. The van der Waals surface area contributed by atoms with Gasteiger partial charge in [0.25, 0.3) is 0 Å². The van der Waals surface area contributed by atoms with E-state index in [0.29, 0.717) is 0 Å². The van der Waals surface area contributed by atoms with Crippen molar-refractivity contribution in [1.29, 1.82) is 0 Å². The van der Waals surface area contributed by atoms with E-state index in [2.05, 4.69) is 112 Å². The van der Waals surface area contributed by atoms with Gasteiger partial charge in [-0.25, -0.2) is 0 Å². The Kier molecular flexibility index (Phi) is 12.7. The summed E-state index contributed by atoms with van der Waals surface area (Å²) in [6.07, 6.45) is 7.30. The summed E-state index contributed by atoms with van der Waals surface area (Å²) in [6, 6.07) is 21.0. The van der Waals surface area contributed by atoms with Gasteiger partial charge in [-0.05, 0) is 36.1 Å². The Morgan fingerprint density at radius 2 is 1.00 bits per heavy atom. The summed E-state index contributed by atoms with van der Waals surface area (Å²) in [5.74, 6) is 13.3. The molecule has 0 amide bonds. The van der Waals surface area contributed by atoms with Crippen molar-refractivity contribution in [2.24, 2.45) is 0 Å². The molecule has 0 N–H and O–H groups in total. The van der Waals surface area contributed by atoms with E-state index in [-0.39, 0.29) is 12.2 Å². The number of hydrogen-bond donors (Lipinski definition) is 0. The molecule has 176 valence electrons. The van der Waals surface area contributed by atoms with Gasteiger partial charge in [0.15, 0.2) is 0 Å². The molecule has 0 aliphatic rings. The van der Waals surface area contributed by atoms with E-state index in [4.69, 9.17) is 8.85 Å². The molecule has 2 aromatic rings. The van der Waals surface area contributed by atoms with Gasteiger partial charge in [-0.2, -0.15) is 0 Å². The van der Waals surface area contributed by atoms with Crippen LogP contribution in [0.2, 0.25) is 0 Å². The van der Waals surface area contributed by atoms with Crippen molar-refractivity contribution in [2.45, 2.75) is 91.3 Å². The second-order valence-corrected chi connectivity index (χ2v) is 11.1. The van der Waals surface area contributed by atoms with Crippen LogP contribution in [0.15, 0.2) is 60.7 Å². The van der Waals surface area contributed by atoms with Crippen molar-refractivity contribution in [2.75, 3.05) is 0 Å². The minimum absolute atomic E-state index is 0.0186. The zero-order chi connectivity index (χ0) is 23.8. The molecule has 0 bridgehead atoms. The Bertz CT molecular complexity index is 825. The molecule has 0 radical (unpaired) electrons. The Balaban J connectivity index is 2.49. The SMILES string of the molecule is CCCC#CCC(CC)O[Si](OC(CC)CC#CCCC)(c1ccccc1)c1ccccc1. The minimum Gasteiger partial charge on any atom is -0.384 e. The molecule has 2 atom stereocenters. The van der Waals surface area contributed by atoms with Gasteiger partial charge in [0, 0.05) is 25.7 Å². The van der Waals surface area contributed by atoms with Crippen molar-refractivity contribution in [3.05, 3.63) is 60.7 Å². The topological polar surface area (TPSA) is 18.5 Å². The van der Waals surface area contributed by atoms with Crippen LogP contribution in [0.1, 0.15) is 79.1 Å². The molecule has 2 aromatic carbocycles. The second-order valence-electron chi connectivity index (χ2n) is 8.26. The molecule has 2 rings (SSSR count). The third-order valence-electron chi connectivity index (χ3n) is 5.54.